The topological polar surface area (TPSA) is 30.5 Å². The summed E-state index contributed by atoms with van der Waals surface area (Å²) in [6.45, 7) is 6.54. The Hall–Kier alpha value is -0.900. The number of hydrogen-bond acceptors (Lipinski definition) is 3. The highest BCUT2D eigenvalue weighted by Gasteiger charge is 2.20. The van der Waals surface area contributed by atoms with Gasteiger partial charge in [0.05, 0.1) is 12.2 Å². The molecular weight excluding hydrogens is 250 g/mol. The van der Waals surface area contributed by atoms with E-state index in [-0.39, 0.29) is 5.60 Å². The predicted molar refractivity (Wildman–Crippen MR) is 81.7 cm³/mol. The van der Waals surface area contributed by atoms with Crippen LogP contribution in [0.15, 0.2) is 24.3 Å². The van der Waals surface area contributed by atoms with Gasteiger partial charge in [0.2, 0.25) is 0 Å². The van der Waals surface area contributed by atoms with Gasteiger partial charge in [0.25, 0.3) is 0 Å². The van der Waals surface area contributed by atoms with Crippen LogP contribution < -0.4 is 5.32 Å². The summed E-state index contributed by atoms with van der Waals surface area (Å²) in [5.74, 6) is 0. The van der Waals surface area contributed by atoms with Gasteiger partial charge in [-0.15, -0.1) is 0 Å². The first-order valence-electron chi connectivity index (χ1n) is 7.54. The van der Waals surface area contributed by atoms with Crippen molar-refractivity contribution in [3.63, 3.8) is 0 Å². The first kappa shape index (κ1) is 15.5. The average molecular weight is 277 g/mol. The van der Waals surface area contributed by atoms with Crippen LogP contribution in [0.3, 0.4) is 0 Å². The van der Waals surface area contributed by atoms with E-state index in [4.69, 9.17) is 9.47 Å². The Balaban J connectivity index is 1.76. The fourth-order valence-electron chi connectivity index (χ4n) is 2.01. The minimum Gasteiger partial charge on any atom is -0.379 e. The van der Waals surface area contributed by atoms with E-state index in [0.29, 0.717) is 6.61 Å². The van der Waals surface area contributed by atoms with Crippen LogP contribution in [0.25, 0.3) is 0 Å². The Morgan fingerprint density at radius 1 is 1.20 bits per heavy atom. The van der Waals surface area contributed by atoms with Gasteiger partial charge in [0, 0.05) is 26.3 Å². The zero-order chi connectivity index (χ0) is 14.4. The first-order valence-corrected chi connectivity index (χ1v) is 7.54. The Labute approximate surface area is 122 Å². The van der Waals surface area contributed by atoms with E-state index in [0.717, 1.165) is 25.6 Å². The van der Waals surface area contributed by atoms with Crippen molar-refractivity contribution in [1.82, 2.24) is 5.32 Å². The maximum Gasteiger partial charge on any atom is 0.0720 e. The molecule has 1 saturated carbocycles. The molecule has 0 saturated heterocycles. The molecule has 0 amide bonds. The normalized spacial score (nSPS) is 15.6. The molecule has 3 heteroatoms. The number of nitrogens with one attached hydrogen (secondary N) is 1. The van der Waals surface area contributed by atoms with Crippen molar-refractivity contribution in [2.24, 2.45) is 0 Å². The Morgan fingerprint density at radius 2 is 1.90 bits per heavy atom. The second kappa shape index (κ2) is 7.21. The Bertz CT molecular complexity index is 413. The number of benzene rings is 1. The van der Waals surface area contributed by atoms with Gasteiger partial charge in [-0.05, 0) is 44.2 Å². The van der Waals surface area contributed by atoms with E-state index in [9.17, 15) is 0 Å². The number of rotatable bonds is 9. The molecule has 1 aliphatic carbocycles. The minimum atomic E-state index is -0.104. The molecule has 1 fully saturated rings. The van der Waals surface area contributed by atoms with Crippen molar-refractivity contribution in [2.75, 3.05) is 13.7 Å². The third-order valence-corrected chi connectivity index (χ3v) is 3.94. The number of methoxy groups -OCH3 is 1. The summed E-state index contributed by atoms with van der Waals surface area (Å²) in [4.78, 5) is 0. The van der Waals surface area contributed by atoms with Crippen molar-refractivity contribution >= 4 is 0 Å². The second-order valence-corrected chi connectivity index (χ2v) is 6.19. The standard InChI is InChI=1S/C17H27NO2/c1-17(2,19-3)10-11-20-13-15-7-5-4-6-14(15)12-18-16-8-9-16/h4-7,16,18H,8-13H2,1-3H3. The number of hydrogen-bond donors (Lipinski definition) is 1. The summed E-state index contributed by atoms with van der Waals surface area (Å²) in [7, 11) is 1.75. The van der Waals surface area contributed by atoms with Crippen LogP contribution in [-0.2, 0) is 22.6 Å². The molecule has 0 bridgehead atoms. The largest absolute Gasteiger partial charge is 0.379 e. The number of ether oxygens (including phenoxy) is 2. The van der Waals surface area contributed by atoms with Gasteiger partial charge in [0.1, 0.15) is 0 Å². The van der Waals surface area contributed by atoms with Crippen LogP contribution in [0.5, 0.6) is 0 Å². The molecule has 0 unspecified atom stereocenters. The lowest BCUT2D eigenvalue weighted by Gasteiger charge is -2.22. The molecule has 0 heterocycles. The summed E-state index contributed by atoms with van der Waals surface area (Å²) in [5.41, 5.74) is 2.54. The predicted octanol–water partition coefficient (Wildman–Crippen LogP) is 3.27. The molecule has 0 atom stereocenters. The molecule has 0 spiro atoms. The molecule has 1 aliphatic rings. The van der Waals surface area contributed by atoms with Crippen LogP contribution in [0, 0.1) is 0 Å². The monoisotopic (exact) mass is 277 g/mol. The van der Waals surface area contributed by atoms with E-state index >= 15 is 0 Å². The van der Waals surface area contributed by atoms with E-state index in [1.165, 1.54) is 24.0 Å². The molecule has 20 heavy (non-hydrogen) atoms. The second-order valence-electron chi connectivity index (χ2n) is 6.19. The smallest absolute Gasteiger partial charge is 0.0720 e. The van der Waals surface area contributed by atoms with Gasteiger partial charge < -0.3 is 14.8 Å². The lowest BCUT2D eigenvalue weighted by Crippen LogP contribution is -2.24. The van der Waals surface area contributed by atoms with Crippen molar-refractivity contribution in [3.05, 3.63) is 35.4 Å². The summed E-state index contributed by atoms with van der Waals surface area (Å²) in [6, 6.07) is 9.27. The van der Waals surface area contributed by atoms with E-state index in [1.807, 2.05) is 0 Å². The van der Waals surface area contributed by atoms with Crippen LogP contribution in [0.4, 0.5) is 0 Å². The maximum atomic E-state index is 5.81. The molecule has 3 nitrogen and oxygen atoms in total. The fourth-order valence-corrected chi connectivity index (χ4v) is 2.01. The Kier molecular flexibility index (Phi) is 5.58. The fraction of sp³-hybridized carbons (Fsp3) is 0.647. The summed E-state index contributed by atoms with van der Waals surface area (Å²) >= 11 is 0. The molecule has 2 rings (SSSR count). The summed E-state index contributed by atoms with van der Waals surface area (Å²) in [5, 5.41) is 3.56. The molecule has 0 radical (unpaired) electrons. The molecular formula is C17H27NO2. The van der Waals surface area contributed by atoms with Gasteiger partial charge in [0.15, 0.2) is 0 Å². The van der Waals surface area contributed by atoms with Crippen molar-refractivity contribution in [2.45, 2.75) is 57.9 Å². The SMILES string of the molecule is COC(C)(C)CCOCc1ccccc1CNC1CC1. The van der Waals surface area contributed by atoms with Gasteiger partial charge in [-0.1, -0.05) is 24.3 Å². The minimum absolute atomic E-state index is 0.104. The van der Waals surface area contributed by atoms with Crippen LogP contribution in [0.1, 0.15) is 44.2 Å². The van der Waals surface area contributed by atoms with Gasteiger partial charge >= 0.3 is 0 Å². The van der Waals surface area contributed by atoms with Gasteiger partial charge in [-0.2, -0.15) is 0 Å². The van der Waals surface area contributed by atoms with Gasteiger partial charge in [-0.25, -0.2) is 0 Å². The molecule has 1 aromatic rings. The quantitative estimate of drug-likeness (QED) is 0.703. The lowest BCUT2D eigenvalue weighted by atomic mass is 10.1. The average Bonchev–Trinajstić information content (AvgIpc) is 3.26. The third kappa shape index (κ3) is 5.23. The zero-order valence-electron chi connectivity index (χ0n) is 12.9. The van der Waals surface area contributed by atoms with Crippen LogP contribution in [-0.4, -0.2) is 25.4 Å². The molecule has 0 aliphatic heterocycles. The highest BCUT2D eigenvalue weighted by Crippen LogP contribution is 2.20. The molecule has 1 aromatic carbocycles. The van der Waals surface area contributed by atoms with E-state index in [2.05, 4.69) is 43.4 Å². The zero-order valence-corrected chi connectivity index (χ0v) is 12.9. The first-order chi connectivity index (χ1) is 9.61. The van der Waals surface area contributed by atoms with Crippen LogP contribution >= 0.6 is 0 Å². The maximum absolute atomic E-state index is 5.81. The molecule has 0 aromatic heterocycles. The molecule has 1 N–H and O–H groups in total. The van der Waals surface area contributed by atoms with E-state index < -0.39 is 0 Å². The van der Waals surface area contributed by atoms with Crippen LogP contribution in [0.2, 0.25) is 0 Å². The van der Waals surface area contributed by atoms with E-state index in [1.54, 1.807) is 7.11 Å². The van der Waals surface area contributed by atoms with Crippen molar-refractivity contribution in [1.29, 1.82) is 0 Å². The highest BCUT2D eigenvalue weighted by molar-refractivity contribution is 5.26. The third-order valence-electron chi connectivity index (χ3n) is 3.94. The lowest BCUT2D eigenvalue weighted by molar-refractivity contribution is -0.0125. The highest BCUT2D eigenvalue weighted by atomic mass is 16.5. The van der Waals surface area contributed by atoms with Crippen molar-refractivity contribution < 1.29 is 9.47 Å². The summed E-state index contributed by atoms with van der Waals surface area (Å²) < 4.78 is 11.2. The molecule has 112 valence electrons. The Morgan fingerprint density at radius 3 is 2.55 bits per heavy atom. The summed E-state index contributed by atoms with van der Waals surface area (Å²) in [6.07, 6.45) is 3.56. The van der Waals surface area contributed by atoms with Gasteiger partial charge in [-0.3, -0.25) is 0 Å². The van der Waals surface area contributed by atoms with Crippen molar-refractivity contribution in [3.8, 4) is 0 Å².